The van der Waals surface area contributed by atoms with E-state index in [1.807, 2.05) is 36.3 Å². The van der Waals surface area contributed by atoms with Gasteiger partial charge in [-0.05, 0) is 11.5 Å². The summed E-state index contributed by atoms with van der Waals surface area (Å²) >= 11 is 0. The molecular formula is C26H19BN2Y-. The Morgan fingerprint density at radius 1 is 0.867 bits per heavy atom. The summed E-state index contributed by atoms with van der Waals surface area (Å²) in [4.78, 5) is 4.20. The van der Waals surface area contributed by atoms with Gasteiger partial charge in [-0.15, -0.1) is 28.5 Å². The fourth-order valence-electron chi connectivity index (χ4n) is 3.88. The average molecular weight is 459 g/mol. The third-order valence-corrected chi connectivity index (χ3v) is 5.32. The molecule has 0 N–H and O–H groups in total. The van der Waals surface area contributed by atoms with Crippen LogP contribution in [0.4, 0.5) is 0 Å². The number of aryl methyl sites for hydroxylation is 2. The zero-order valence-corrected chi connectivity index (χ0v) is 19.9. The summed E-state index contributed by atoms with van der Waals surface area (Å²) < 4.78 is 2.03. The molecule has 2 nitrogen and oxygen atoms in total. The Morgan fingerprint density at radius 3 is 2.50 bits per heavy atom. The van der Waals surface area contributed by atoms with E-state index < -0.39 is 0 Å². The van der Waals surface area contributed by atoms with Gasteiger partial charge in [-0.2, -0.15) is 29.8 Å². The van der Waals surface area contributed by atoms with Crippen LogP contribution in [0.3, 0.4) is 0 Å². The first-order chi connectivity index (χ1) is 13.7. The molecule has 0 amide bonds. The van der Waals surface area contributed by atoms with Crippen LogP contribution in [-0.4, -0.2) is 13.4 Å². The van der Waals surface area contributed by atoms with Crippen molar-refractivity contribution in [2.24, 2.45) is 7.05 Å². The molecule has 0 aliphatic rings. The second-order valence-electron chi connectivity index (χ2n) is 7.11. The first kappa shape index (κ1) is 22.3. The Hall–Kier alpha value is -2.35. The van der Waals surface area contributed by atoms with E-state index in [0.29, 0.717) is 0 Å². The summed E-state index contributed by atoms with van der Waals surface area (Å²) in [5.41, 5.74) is 5.52. The van der Waals surface area contributed by atoms with Gasteiger partial charge in [-0.1, -0.05) is 59.3 Å². The van der Waals surface area contributed by atoms with Gasteiger partial charge in [-0.25, -0.2) is 5.56 Å². The fraction of sp³-hybridized carbons (Fsp3) is 0.0769. The van der Waals surface area contributed by atoms with Crippen molar-refractivity contribution in [3.8, 4) is 22.4 Å². The van der Waals surface area contributed by atoms with Crippen molar-refractivity contribution in [3.05, 3.63) is 97.0 Å². The number of rotatable bonds is 2. The number of aromatic nitrogens is 2. The molecule has 140 valence electrons. The van der Waals surface area contributed by atoms with Crippen LogP contribution >= 0.6 is 0 Å². The van der Waals surface area contributed by atoms with Crippen LogP contribution in [0.5, 0.6) is 0 Å². The first-order valence-electron chi connectivity index (χ1n) is 9.38. The molecule has 1 heterocycles. The van der Waals surface area contributed by atoms with Gasteiger partial charge in [-0.3, -0.25) is 4.57 Å². The van der Waals surface area contributed by atoms with Gasteiger partial charge < -0.3 is 0 Å². The smallest absolute Gasteiger partial charge is 0.266 e. The fourth-order valence-corrected chi connectivity index (χ4v) is 3.88. The SMILES string of the molecule is Cc1ccc(-c2[c-]ccc3ccc4ccccc4c23)[c-]c1-c1ccnc[n+]1C.[B].[Y]. The first-order valence-corrected chi connectivity index (χ1v) is 9.38. The van der Waals surface area contributed by atoms with Crippen molar-refractivity contribution in [3.63, 3.8) is 0 Å². The van der Waals surface area contributed by atoms with Gasteiger partial charge in [0.2, 0.25) is 0 Å². The monoisotopic (exact) mass is 459 g/mol. The van der Waals surface area contributed by atoms with E-state index in [-0.39, 0.29) is 41.1 Å². The molecule has 1 aromatic heterocycles. The largest absolute Gasteiger partial charge is 0.279 e. The van der Waals surface area contributed by atoms with E-state index in [0.717, 1.165) is 22.4 Å². The normalized spacial score (nSPS) is 10.5. The van der Waals surface area contributed by atoms with Gasteiger partial charge in [0.15, 0.2) is 0 Å². The molecule has 4 aromatic carbocycles. The summed E-state index contributed by atoms with van der Waals surface area (Å²) in [7, 11) is 2.01. The summed E-state index contributed by atoms with van der Waals surface area (Å²) in [6, 6.07) is 30.5. The molecule has 0 aliphatic heterocycles. The van der Waals surface area contributed by atoms with Crippen LogP contribution in [0.15, 0.2) is 79.3 Å². The maximum Gasteiger partial charge on any atom is 0.279 e. The molecule has 0 bridgehead atoms. The predicted octanol–water partition coefficient (Wildman–Crippen LogP) is 5.07. The Labute approximate surface area is 204 Å². The van der Waals surface area contributed by atoms with Crippen LogP contribution in [0.25, 0.3) is 43.9 Å². The number of fused-ring (bicyclic) bond motifs is 3. The summed E-state index contributed by atoms with van der Waals surface area (Å²) in [5.74, 6) is 0. The Balaban J connectivity index is 0.00000128. The zero-order chi connectivity index (χ0) is 19.1. The van der Waals surface area contributed by atoms with Gasteiger partial charge >= 0.3 is 0 Å². The van der Waals surface area contributed by atoms with Gasteiger partial charge in [0.1, 0.15) is 6.20 Å². The van der Waals surface area contributed by atoms with Crippen molar-refractivity contribution in [1.82, 2.24) is 4.98 Å². The second kappa shape index (κ2) is 9.20. The molecule has 30 heavy (non-hydrogen) atoms. The van der Waals surface area contributed by atoms with Crippen LogP contribution in [0.1, 0.15) is 5.56 Å². The van der Waals surface area contributed by atoms with Crippen molar-refractivity contribution in [1.29, 1.82) is 0 Å². The molecule has 0 unspecified atom stereocenters. The topological polar surface area (TPSA) is 16.8 Å². The Bertz CT molecular complexity index is 1350. The molecule has 0 saturated heterocycles. The molecule has 0 fully saturated rings. The summed E-state index contributed by atoms with van der Waals surface area (Å²) in [6.07, 6.45) is 3.65. The maximum atomic E-state index is 4.20. The average Bonchev–Trinajstić information content (AvgIpc) is 2.74. The zero-order valence-electron chi connectivity index (χ0n) is 17.1. The van der Waals surface area contributed by atoms with Crippen molar-refractivity contribution in [2.45, 2.75) is 6.92 Å². The minimum absolute atomic E-state index is 0. The molecule has 4 radical (unpaired) electrons. The molecule has 0 atom stereocenters. The molecule has 4 heteroatoms. The quantitative estimate of drug-likeness (QED) is 0.156. The minimum atomic E-state index is 0. The van der Waals surface area contributed by atoms with Crippen LogP contribution in [0, 0.1) is 19.1 Å². The van der Waals surface area contributed by atoms with Gasteiger partial charge in [0.25, 0.3) is 6.33 Å². The molecule has 5 aromatic rings. The van der Waals surface area contributed by atoms with Crippen LogP contribution in [0.2, 0.25) is 0 Å². The third kappa shape index (κ3) is 3.85. The van der Waals surface area contributed by atoms with E-state index in [9.17, 15) is 0 Å². The van der Waals surface area contributed by atoms with E-state index in [4.69, 9.17) is 0 Å². The minimum Gasteiger partial charge on any atom is -0.266 e. The van der Waals surface area contributed by atoms with Gasteiger partial charge in [0, 0.05) is 41.1 Å². The number of nitrogens with zero attached hydrogens (tertiary/aromatic N) is 2. The van der Waals surface area contributed by atoms with Crippen molar-refractivity contribution < 1.29 is 37.3 Å². The standard InChI is InChI=1S/C26H19N2.B.Y/c1-18-10-11-21(16-24(18)25-14-15-27-17-28(25)2)23-9-5-7-20-13-12-19-6-3-4-8-22(19)26(20)23;;/h3-8,10-15,17H,1-2H3;;/q-1;;. The van der Waals surface area contributed by atoms with Crippen molar-refractivity contribution >= 4 is 30.0 Å². The van der Waals surface area contributed by atoms with E-state index in [1.165, 1.54) is 27.1 Å². The summed E-state index contributed by atoms with van der Waals surface area (Å²) in [6.45, 7) is 2.12. The van der Waals surface area contributed by atoms with E-state index in [2.05, 4.69) is 78.6 Å². The van der Waals surface area contributed by atoms with Crippen LogP contribution in [-0.2, 0) is 39.8 Å². The van der Waals surface area contributed by atoms with Crippen molar-refractivity contribution in [2.75, 3.05) is 0 Å². The van der Waals surface area contributed by atoms with E-state index >= 15 is 0 Å². The molecule has 0 saturated carbocycles. The maximum absolute atomic E-state index is 4.20. The van der Waals surface area contributed by atoms with E-state index in [1.54, 1.807) is 0 Å². The molecule has 5 rings (SSSR count). The molecule has 0 aliphatic carbocycles. The Morgan fingerprint density at radius 2 is 1.67 bits per heavy atom. The third-order valence-electron chi connectivity index (χ3n) is 5.32. The predicted molar refractivity (Wildman–Crippen MR) is 119 cm³/mol. The molecular weight excluding hydrogens is 440 g/mol. The van der Waals surface area contributed by atoms with Crippen LogP contribution < -0.4 is 4.57 Å². The summed E-state index contributed by atoms with van der Waals surface area (Å²) in [5, 5.41) is 4.93. The second-order valence-corrected chi connectivity index (χ2v) is 7.11. The number of hydrogen-bond acceptors (Lipinski definition) is 1. The number of hydrogen-bond donors (Lipinski definition) is 0. The molecule has 0 spiro atoms. The Kier molecular flexibility index (Phi) is 6.85. The van der Waals surface area contributed by atoms with Gasteiger partial charge in [0.05, 0.1) is 12.7 Å². The number of benzene rings is 4.